The van der Waals surface area contributed by atoms with E-state index in [0.29, 0.717) is 22.7 Å². The van der Waals surface area contributed by atoms with Crippen molar-refractivity contribution in [2.45, 2.75) is 25.7 Å². The van der Waals surface area contributed by atoms with Crippen LogP contribution in [0.3, 0.4) is 0 Å². The molecule has 0 aliphatic rings. The van der Waals surface area contributed by atoms with Crippen LogP contribution in [0.5, 0.6) is 5.75 Å². The Morgan fingerprint density at radius 3 is 2.42 bits per heavy atom. The molecule has 0 saturated heterocycles. The highest BCUT2D eigenvalue weighted by Gasteiger charge is 2.22. The maximum absolute atomic E-state index is 13.0. The molecule has 0 aliphatic heterocycles. The third-order valence-electron chi connectivity index (χ3n) is 3.99. The van der Waals surface area contributed by atoms with Gasteiger partial charge >= 0.3 is 0 Å². The maximum Gasteiger partial charge on any atom is 0.265 e. The molecule has 6 nitrogen and oxygen atoms in total. The number of sulfonamides is 1. The molecule has 3 rings (SSSR count). The van der Waals surface area contributed by atoms with E-state index in [2.05, 4.69) is 9.88 Å². The Bertz CT molecular complexity index is 1060. The van der Waals surface area contributed by atoms with Crippen LogP contribution in [0, 0.1) is 20.8 Å². The summed E-state index contributed by atoms with van der Waals surface area (Å²) < 4.78 is 39.1. The summed E-state index contributed by atoms with van der Waals surface area (Å²) in [6.07, 6.45) is 0. The van der Waals surface area contributed by atoms with Gasteiger partial charge in [0.25, 0.3) is 10.0 Å². The summed E-state index contributed by atoms with van der Waals surface area (Å²) in [5, 5.41) is 3.84. The van der Waals surface area contributed by atoms with E-state index in [1.54, 1.807) is 31.2 Å². The molecule has 2 aromatic carbocycles. The van der Waals surface area contributed by atoms with Gasteiger partial charge in [-0.2, -0.15) is 0 Å². The Balaban J connectivity index is 2.05. The van der Waals surface area contributed by atoms with Gasteiger partial charge in [-0.1, -0.05) is 22.9 Å². The number of aryl methyl sites for hydroxylation is 3. The number of rotatable bonds is 5. The van der Waals surface area contributed by atoms with Crippen molar-refractivity contribution < 1.29 is 17.7 Å². The fourth-order valence-electron chi connectivity index (χ4n) is 2.67. The first-order valence-electron chi connectivity index (χ1n) is 8.02. The number of nitrogens with one attached hydrogen (secondary N) is 1. The second kappa shape index (κ2) is 6.84. The standard InChI is InChI=1S/C19H20N2O4S/c1-12-5-7-16(13(2)9-12)21-26(22,23)19-11-15(6-8-17(19)24-4)18-10-14(3)20-25-18/h5-11,21H,1-4H3. The van der Waals surface area contributed by atoms with Crippen LogP contribution in [-0.2, 0) is 10.0 Å². The number of nitrogens with zero attached hydrogens (tertiary/aromatic N) is 1. The highest BCUT2D eigenvalue weighted by atomic mass is 32.2. The molecule has 0 unspecified atom stereocenters. The van der Waals surface area contributed by atoms with Crippen molar-refractivity contribution in [3.8, 4) is 17.1 Å². The number of hydrogen-bond donors (Lipinski definition) is 1. The molecule has 1 N–H and O–H groups in total. The van der Waals surface area contributed by atoms with Gasteiger partial charge < -0.3 is 9.26 Å². The van der Waals surface area contributed by atoms with Crippen LogP contribution in [0.15, 0.2) is 51.9 Å². The van der Waals surface area contributed by atoms with E-state index >= 15 is 0 Å². The molecule has 0 aliphatic carbocycles. The lowest BCUT2D eigenvalue weighted by atomic mass is 10.1. The molecule has 1 heterocycles. The van der Waals surface area contributed by atoms with Crippen molar-refractivity contribution >= 4 is 15.7 Å². The van der Waals surface area contributed by atoms with Gasteiger partial charge in [0.2, 0.25) is 0 Å². The molecule has 3 aromatic rings. The zero-order valence-electron chi connectivity index (χ0n) is 15.0. The quantitative estimate of drug-likeness (QED) is 0.730. The third kappa shape index (κ3) is 3.57. The average molecular weight is 372 g/mol. The topological polar surface area (TPSA) is 81.4 Å². The molecular formula is C19H20N2O4S. The lowest BCUT2D eigenvalue weighted by molar-refractivity contribution is 0.402. The molecule has 0 bridgehead atoms. The number of anilines is 1. The number of aromatic nitrogens is 1. The molecule has 0 atom stereocenters. The van der Waals surface area contributed by atoms with Crippen LogP contribution in [-0.4, -0.2) is 20.7 Å². The van der Waals surface area contributed by atoms with Gasteiger partial charge in [-0.15, -0.1) is 0 Å². The first-order valence-corrected chi connectivity index (χ1v) is 9.50. The molecule has 136 valence electrons. The van der Waals surface area contributed by atoms with Gasteiger partial charge in [0.15, 0.2) is 5.76 Å². The van der Waals surface area contributed by atoms with Crippen LogP contribution >= 0.6 is 0 Å². The van der Waals surface area contributed by atoms with Crippen LogP contribution in [0.25, 0.3) is 11.3 Å². The highest BCUT2D eigenvalue weighted by Crippen LogP contribution is 2.32. The summed E-state index contributed by atoms with van der Waals surface area (Å²) in [6, 6.07) is 12.1. The van der Waals surface area contributed by atoms with Crippen LogP contribution < -0.4 is 9.46 Å². The van der Waals surface area contributed by atoms with Crippen molar-refractivity contribution in [1.29, 1.82) is 0 Å². The van der Waals surface area contributed by atoms with Crippen molar-refractivity contribution in [1.82, 2.24) is 5.16 Å². The normalized spacial score (nSPS) is 11.4. The summed E-state index contributed by atoms with van der Waals surface area (Å²) in [5.41, 5.74) is 3.75. The zero-order valence-corrected chi connectivity index (χ0v) is 15.8. The van der Waals surface area contributed by atoms with E-state index in [9.17, 15) is 8.42 Å². The molecule has 0 amide bonds. The van der Waals surface area contributed by atoms with Crippen LogP contribution in [0.1, 0.15) is 16.8 Å². The molecule has 7 heteroatoms. The summed E-state index contributed by atoms with van der Waals surface area (Å²) >= 11 is 0. The SMILES string of the molecule is COc1ccc(-c2cc(C)no2)cc1S(=O)(=O)Nc1ccc(C)cc1C. The smallest absolute Gasteiger partial charge is 0.265 e. The Morgan fingerprint density at radius 1 is 1.04 bits per heavy atom. The predicted molar refractivity (Wildman–Crippen MR) is 100.0 cm³/mol. The lowest BCUT2D eigenvalue weighted by Crippen LogP contribution is -2.15. The van der Waals surface area contributed by atoms with Crippen molar-refractivity contribution in [2.24, 2.45) is 0 Å². The van der Waals surface area contributed by atoms with Gasteiger partial charge in [0, 0.05) is 11.6 Å². The number of methoxy groups -OCH3 is 1. The van der Waals surface area contributed by atoms with Gasteiger partial charge in [-0.3, -0.25) is 4.72 Å². The minimum atomic E-state index is -3.85. The Labute approximate surface area is 152 Å². The number of ether oxygens (including phenoxy) is 1. The van der Waals surface area contributed by atoms with E-state index in [1.165, 1.54) is 13.2 Å². The minimum absolute atomic E-state index is 0.0338. The highest BCUT2D eigenvalue weighted by molar-refractivity contribution is 7.92. The largest absolute Gasteiger partial charge is 0.495 e. The molecule has 0 spiro atoms. The maximum atomic E-state index is 13.0. The van der Waals surface area contributed by atoms with E-state index in [4.69, 9.17) is 9.26 Å². The van der Waals surface area contributed by atoms with Gasteiger partial charge in [-0.25, -0.2) is 8.42 Å². The monoisotopic (exact) mass is 372 g/mol. The van der Waals surface area contributed by atoms with Gasteiger partial charge in [0.1, 0.15) is 10.6 Å². The summed E-state index contributed by atoms with van der Waals surface area (Å²) in [4.78, 5) is 0.0338. The summed E-state index contributed by atoms with van der Waals surface area (Å²) in [5.74, 6) is 0.746. The fourth-order valence-corrected chi connectivity index (χ4v) is 3.99. The molecule has 26 heavy (non-hydrogen) atoms. The second-order valence-corrected chi connectivity index (χ2v) is 7.77. The van der Waals surface area contributed by atoms with Crippen molar-refractivity contribution in [2.75, 3.05) is 11.8 Å². The Morgan fingerprint density at radius 2 is 1.81 bits per heavy atom. The van der Waals surface area contributed by atoms with E-state index in [-0.39, 0.29) is 10.6 Å². The summed E-state index contributed by atoms with van der Waals surface area (Å²) in [6.45, 7) is 5.61. The van der Waals surface area contributed by atoms with Gasteiger partial charge in [-0.05, 0) is 50.6 Å². The summed E-state index contributed by atoms with van der Waals surface area (Å²) in [7, 11) is -2.42. The van der Waals surface area contributed by atoms with Gasteiger partial charge in [0.05, 0.1) is 18.5 Å². The third-order valence-corrected chi connectivity index (χ3v) is 5.38. The van der Waals surface area contributed by atoms with E-state index in [1.807, 2.05) is 26.0 Å². The molecular weight excluding hydrogens is 352 g/mol. The predicted octanol–water partition coefficient (Wildman–Crippen LogP) is 4.08. The fraction of sp³-hybridized carbons (Fsp3) is 0.211. The van der Waals surface area contributed by atoms with Crippen molar-refractivity contribution in [3.05, 3.63) is 59.3 Å². The first kappa shape index (κ1) is 18.0. The average Bonchev–Trinajstić information content (AvgIpc) is 3.03. The number of benzene rings is 2. The molecule has 1 aromatic heterocycles. The van der Waals surface area contributed by atoms with Crippen molar-refractivity contribution in [3.63, 3.8) is 0 Å². The minimum Gasteiger partial charge on any atom is -0.495 e. The van der Waals surface area contributed by atoms with Crippen LogP contribution in [0.2, 0.25) is 0 Å². The van der Waals surface area contributed by atoms with E-state index < -0.39 is 10.0 Å². The van der Waals surface area contributed by atoms with E-state index in [0.717, 1.165) is 11.1 Å². The van der Waals surface area contributed by atoms with Crippen LogP contribution in [0.4, 0.5) is 5.69 Å². The molecule has 0 saturated carbocycles. The molecule has 0 radical (unpaired) electrons. The zero-order chi connectivity index (χ0) is 18.9. The number of hydrogen-bond acceptors (Lipinski definition) is 5. The first-order chi connectivity index (χ1) is 12.3. The Kier molecular flexibility index (Phi) is 4.73. The molecule has 0 fully saturated rings. The lowest BCUT2D eigenvalue weighted by Gasteiger charge is -2.14. The second-order valence-electron chi connectivity index (χ2n) is 6.12. The Hall–Kier alpha value is -2.80.